The maximum absolute atomic E-state index is 14.6. The molecule has 2 aliphatic rings. The van der Waals surface area contributed by atoms with Crippen molar-refractivity contribution in [2.75, 3.05) is 6.54 Å². The van der Waals surface area contributed by atoms with E-state index in [1.807, 2.05) is 17.0 Å². The van der Waals surface area contributed by atoms with Crippen LogP contribution in [-0.2, 0) is 9.59 Å². The van der Waals surface area contributed by atoms with Crippen LogP contribution >= 0.6 is 0 Å². The quantitative estimate of drug-likeness (QED) is 0.204. The fourth-order valence-electron chi connectivity index (χ4n) is 6.99. The summed E-state index contributed by atoms with van der Waals surface area (Å²) in [6.45, 7) is 9.11. The zero-order valence-electron chi connectivity index (χ0n) is 28.1. The second-order valence-electron chi connectivity index (χ2n) is 14.4. The largest absolute Gasteiger partial charge is 0.481 e. The summed E-state index contributed by atoms with van der Waals surface area (Å²) in [6.07, 6.45) is 11.5. The molecule has 0 aromatic heterocycles. The molecule has 2 aromatic carbocycles. The molecule has 0 bridgehead atoms. The lowest BCUT2D eigenvalue weighted by atomic mass is 9.85. The molecule has 0 radical (unpaired) electrons. The SMILES string of the molecule is CCCCCC1CCCC2(CC1)N=C(c1cccc(F)c1)C(=O)N2[C@H](CCC(C)(C)C)c1ccc(C(=O)NCCCC(=O)O)cc1. The number of hydrogen-bond donors (Lipinski definition) is 2. The average Bonchev–Trinajstić information content (AvgIpc) is 3.14. The van der Waals surface area contributed by atoms with Crippen molar-refractivity contribution in [1.29, 1.82) is 0 Å². The van der Waals surface area contributed by atoms with Crippen LogP contribution in [0.1, 0.15) is 139 Å². The minimum atomic E-state index is -0.889. The maximum Gasteiger partial charge on any atom is 0.303 e. The van der Waals surface area contributed by atoms with Crippen LogP contribution in [0.4, 0.5) is 4.39 Å². The van der Waals surface area contributed by atoms with E-state index in [2.05, 4.69) is 33.0 Å². The molecule has 2 aromatic rings. The van der Waals surface area contributed by atoms with Gasteiger partial charge in [0.2, 0.25) is 0 Å². The highest BCUT2D eigenvalue weighted by atomic mass is 19.1. The maximum atomic E-state index is 14.6. The van der Waals surface area contributed by atoms with Crippen LogP contribution in [0.15, 0.2) is 53.5 Å². The molecule has 1 aliphatic heterocycles. The molecule has 0 saturated heterocycles. The van der Waals surface area contributed by atoms with E-state index in [0.717, 1.165) is 50.5 Å². The molecule has 8 heteroatoms. The van der Waals surface area contributed by atoms with E-state index in [1.54, 1.807) is 24.3 Å². The number of nitrogens with one attached hydrogen (secondary N) is 1. The van der Waals surface area contributed by atoms with E-state index in [9.17, 15) is 18.8 Å². The van der Waals surface area contributed by atoms with Gasteiger partial charge in [-0.15, -0.1) is 0 Å². The van der Waals surface area contributed by atoms with Gasteiger partial charge < -0.3 is 15.3 Å². The highest BCUT2D eigenvalue weighted by Gasteiger charge is 2.51. The number of carboxylic acid groups (broad SMARTS) is 1. The molecule has 2 amide bonds. The fourth-order valence-corrected chi connectivity index (χ4v) is 6.99. The Morgan fingerprint density at radius 1 is 1.09 bits per heavy atom. The van der Waals surface area contributed by atoms with Gasteiger partial charge in [0, 0.05) is 24.1 Å². The number of carbonyl (C=O) groups excluding carboxylic acids is 2. The van der Waals surface area contributed by atoms with Gasteiger partial charge in [-0.2, -0.15) is 0 Å². The third-order valence-electron chi connectivity index (χ3n) is 9.54. The van der Waals surface area contributed by atoms with Gasteiger partial charge in [0.25, 0.3) is 11.8 Å². The molecule has 1 saturated carbocycles. The first-order chi connectivity index (χ1) is 21.9. The van der Waals surface area contributed by atoms with Crippen molar-refractivity contribution in [2.24, 2.45) is 16.3 Å². The van der Waals surface area contributed by atoms with E-state index in [4.69, 9.17) is 10.1 Å². The molecule has 1 spiro atoms. The number of hydrogen-bond acceptors (Lipinski definition) is 4. The molecule has 3 atom stereocenters. The van der Waals surface area contributed by atoms with Gasteiger partial charge in [-0.25, -0.2) is 4.39 Å². The number of rotatable bonds is 14. The van der Waals surface area contributed by atoms with Crippen molar-refractivity contribution in [2.45, 2.75) is 123 Å². The number of nitrogens with zero attached hydrogens (tertiary/aromatic N) is 2. The fraction of sp³-hybridized carbons (Fsp3) is 0.579. The van der Waals surface area contributed by atoms with E-state index >= 15 is 0 Å². The van der Waals surface area contributed by atoms with Gasteiger partial charge in [0.1, 0.15) is 17.2 Å². The standard InChI is InChI=1S/C38H52FN3O4/c1-5-6-7-11-27-12-9-22-38(24-20-27)41-34(30-13-8-14-31(39)26-30)36(46)42(38)32(21-23-37(2,3)4)28-16-18-29(19-17-28)35(45)40-25-10-15-33(43)44/h8,13-14,16-19,26-27,32H,5-7,9-12,15,20-25H2,1-4H3,(H,40,45)(H,43,44)/t27?,32-,38?/m1/s1. The summed E-state index contributed by atoms with van der Waals surface area (Å²) in [6, 6.07) is 13.4. The minimum Gasteiger partial charge on any atom is -0.481 e. The normalized spacial score (nSPS) is 20.8. The third kappa shape index (κ3) is 9.26. The zero-order chi connectivity index (χ0) is 33.3. The van der Waals surface area contributed by atoms with Crippen LogP contribution in [0.5, 0.6) is 0 Å². The molecule has 2 unspecified atom stereocenters. The molecule has 250 valence electrons. The lowest BCUT2D eigenvalue weighted by molar-refractivity contribution is -0.137. The molecule has 7 nitrogen and oxygen atoms in total. The van der Waals surface area contributed by atoms with Crippen LogP contribution in [0.25, 0.3) is 0 Å². The van der Waals surface area contributed by atoms with E-state index in [-0.39, 0.29) is 36.2 Å². The third-order valence-corrected chi connectivity index (χ3v) is 9.54. The van der Waals surface area contributed by atoms with E-state index < -0.39 is 17.4 Å². The van der Waals surface area contributed by atoms with E-state index in [0.29, 0.717) is 29.2 Å². The molecule has 1 fully saturated rings. The summed E-state index contributed by atoms with van der Waals surface area (Å²) >= 11 is 0. The Morgan fingerprint density at radius 3 is 2.52 bits per heavy atom. The van der Waals surface area contributed by atoms with Gasteiger partial charge >= 0.3 is 5.97 Å². The summed E-state index contributed by atoms with van der Waals surface area (Å²) < 4.78 is 14.4. The summed E-state index contributed by atoms with van der Waals surface area (Å²) in [4.78, 5) is 45.5. The van der Waals surface area contributed by atoms with Gasteiger partial charge in [-0.3, -0.25) is 19.4 Å². The first-order valence-electron chi connectivity index (χ1n) is 17.2. The van der Waals surface area contributed by atoms with Crippen molar-refractivity contribution in [3.05, 3.63) is 71.0 Å². The number of aliphatic carboxylic acids is 1. The number of halogens is 1. The van der Waals surface area contributed by atoms with Crippen molar-refractivity contribution in [3.63, 3.8) is 0 Å². The Hall–Kier alpha value is -3.55. The zero-order valence-corrected chi connectivity index (χ0v) is 28.1. The topological polar surface area (TPSA) is 99.1 Å². The first-order valence-corrected chi connectivity index (χ1v) is 17.2. The van der Waals surface area contributed by atoms with Crippen molar-refractivity contribution in [3.8, 4) is 0 Å². The molecule has 1 aliphatic carbocycles. The molecular weight excluding hydrogens is 581 g/mol. The monoisotopic (exact) mass is 633 g/mol. The van der Waals surface area contributed by atoms with Crippen LogP contribution < -0.4 is 5.32 Å². The van der Waals surface area contributed by atoms with Crippen LogP contribution in [0.3, 0.4) is 0 Å². The second-order valence-corrected chi connectivity index (χ2v) is 14.4. The Kier molecular flexibility index (Phi) is 12.2. The van der Waals surface area contributed by atoms with Gasteiger partial charge in [-0.1, -0.05) is 84.1 Å². The number of carbonyl (C=O) groups is 3. The summed E-state index contributed by atoms with van der Waals surface area (Å²) in [5.74, 6) is -1.09. The first kappa shape index (κ1) is 35.3. The number of carboxylic acids is 1. The lowest BCUT2D eigenvalue weighted by Crippen LogP contribution is -2.49. The van der Waals surface area contributed by atoms with Crippen LogP contribution in [0.2, 0.25) is 0 Å². The lowest BCUT2D eigenvalue weighted by Gasteiger charge is -2.42. The van der Waals surface area contributed by atoms with Crippen molar-refractivity contribution < 1.29 is 23.9 Å². The molecular formula is C38H52FN3O4. The summed E-state index contributed by atoms with van der Waals surface area (Å²) in [5, 5.41) is 11.7. The summed E-state index contributed by atoms with van der Waals surface area (Å²) in [7, 11) is 0. The predicted octanol–water partition coefficient (Wildman–Crippen LogP) is 8.48. The number of benzene rings is 2. The van der Waals surface area contributed by atoms with Crippen molar-refractivity contribution >= 4 is 23.5 Å². The minimum absolute atomic E-state index is 0.000539. The average molecular weight is 634 g/mol. The van der Waals surface area contributed by atoms with Crippen molar-refractivity contribution in [1.82, 2.24) is 10.2 Å². The summed E-state index contributed by atoms with van der Waals surface area (Å²) in [5.41, 5.74) is 1.60. The highest BCUT2D eigenvalue weighted by Crippen LogP contribution is 2.47. The highest BCUT2D eigenvalue weighted by molar-refractivity contribution is 6.46. The Labute approximate surface area is 274 Å². The predicted molar refractivity (Wildman–Crippen MR) is 180 cm³/mol. The Morgan fingerprint density at radius 2 is 1.85 bits per heavy atom. The van der Waals surface area contributed by atoms with Crippen LogP contribution in [0, 0.1) is 17.2 Å². The number of unbranched alkanes of at least 4 members (excludes halogenated alkanes) is 2. The van der Waals surface area contributed by atoms with Crippen LogP contribution in [-0.4, -0.2) is 45.7 Å². The van der Waals surface area contributed by atoms with Gasteiger partial charge in [0.05, 0.1) is 6.04 Å². The second kappa shape index (κ2) is 15.8. The molecule has 2 N–H and O–H groups in total. The number of aliphatic imine (C=N–C) groups is 1. The Bertz CT molecular complexity index is 1380. The van der Waals surface area contributed by atoms with Gasteiger partial charge in [-0.05, 0) is 86.1 Å². The molecule has 46 heavy (non-hydrogen) atoms. The smallest absolute Gasteiger partial charge is 0.303 e. The van der Waals surface area contributed by atoms with Gasteiger partial charge in [0.15, 0.2) is 0 Å². The molecule has 4 rings (SSSR count). The van der Waals surface area contributed by atoms with E-state index in [1.165, 1.54) is 37.8 Å². The number of amides is 2. The Balaban J connectivity index is 1.68. The molecule has 1 heterocycles.